The van der Waals surface area contributed by atoms with Crippen molar-refractivity contribution in [1.29, 1.82) is 0 Å². The van der Waals surface area contributed by atoms with Gasteiger partial charge in [0.15, 0.2) is 18.8 Å². The van der Waals surface area contributed by atoms with Crippen LogP contribution in [0.2, 0.25) is 0 Å². The maximum atomic E-state index is 12.6. The molecule has 0 aromatic carbocycles. The van der Waals surface area contributed by atoms with Crippen molar-refractivity contribution < 1.29 is 116 Å². The summed E-state index contributed by atoms with van der Waals surface area (Å²) in [5.74, 6) is -1.55. The molecule has 3 aliphatic rings. The first kappa shape index (κ1) is 41.5. The van der Waals surface area contributed by atoms with Crippen LogP contribution in [0, 0.1) is 0 Å². The van der Waals surface area contributed by atoms with E-state index >= 15 is 0 Å². The quantitative estimate of drug-likeness (QED) is 0.0395. The van der Waals surface area contributed by atoms with Gasteiger partial charge in [-0.05, 0) is 13.3 Å². The number of rotatable bonds is 12. The first-order valence-corrected chi connectivity index (χ1v) is 15.4. The fourth-order valence-corrected chi connectivity index (χ4v) is 5.77. The molecule has 2 amide bonds. The van der Waals surface area contributed by atoms with Gasteiger partial charge >= 0.3 is 29.6 Å². The predicted octanol–water partition coefficient (Wildman–Crippen LogP) is -8.64. The van der Waals surface area contributed by atoms with Gasteiger partial charge in [-0.25, -0.2) is 8.42 Å². The molecule has 3 saturated heterocycles. The van der Waals surface area contributed by atoms with Crippen LogP contribution in [-0.4, -0.2) is 159 Å². The summed E-state index contributed by atoms with van der Waals surface area (Å²) >= 11 is 0. The molecule has 0 spiro atoms. The van der Waals surface area contributed by atoms with Gasteiger partial charge in [-0.15, -0.1) is 0 Å². The SMILES string of the molecule is CCCC(=O)N[C@@H]1O[C@H](CO)[C@@H](O[C@H]2C[C@@H](OS(=O)(=O)[O-])[C@@H](O)[C@@H](CO)O2)[C@H](O[C@@H]2O[C@@H](C)[C@@H](O)[C@@H](O)[C@@H]2O)[C@]1(O)NC(C)=O.[Na+]. The number of carbonyl (C=O) groups is 2. The molecule has 0 aromatic heterocycles. The largest absolute Gasteiger partial charge is 1.00 e. The third-order valence-corrected chi connectivity index (χ3v) is 7.95. The van der Waals surface area contributed by atoms with Crippen molar-refractivity contribution in [3.63, 3.8) is 0 Å². The number of nitrogens with one attached hydrogen (secondary N) is 2. The molecular formula is C24H41N2NaO18S. The van der Waals surface area contributed by atoms with Crippen LogP contribution >= 0.6 is 0 Å². The minimum absolute atomic E-state index is 0. The molecule has 262 valence electrons. The zero-order chi connectivity index (χ0) is 33.9. The van der Waals surface area contributed by atoms with E-state index in [0.29, 0.717) is 6.42 Å². The molecule has 0 radical (unpaired) electrons. The molecule has 0 aliphatic carbocycles. The Labute approximate surface area is 286 Å². The van der Waals surface area contributed by atoms with Gasteiger partial charge in [-0.1, -0.05) is 6.92 Å². The van der Waals surface area contributed by atoms with Crippen molar-refractivity contribution in [3.05, 3.63) is 0 Å². The van der Waals surface area contributed by atoms with Gasteiger partial charge in [0, 0.05) is 19.8 Å². The molecule has 22 heteroatoms. The first-order chi connectivity index (χ1) is 20.9. The van der Waals surface area contributed by atoms with Crippen molar-refractivity contribution in [3.8, 4) is 0 Å². The smallest absolute Gasteiger partial charge is 0.726 e. The molecule has 20 nitrogen and oxygen atoms in total. The summed E-state index contributed by atoms with van der Waals surface area (Å²) in [6, 6.07) is 0. The summed E-state index contributed by atoms with van der Waals surface area (Å²) in [5.41, 5.74) is -2.79. The number of hydrogen-bond acceptors (Lipinski definition) is 18. The van der Waals surface area contributed by atoms with E-state index in [1.54, 1.807) is 6.92 Å². The fraction of sp³-hybridized carbons (Fsp3) is 0.917. The van der Waals surface area contributed by atoms with Crippen molar-refractivity contribution in [1.82, 2.24) is 10.6 Å². The van der Waals surface area contributed by atoms with Crippen LogP contribution in [0.5, 0.6) is 0 Å². The molecule has 3 rings (SSSR count). The fourth-order valence-electron chi connectivity index (χ4n) is 5.28. The van der Waals surface area contributed by atoms with Gasteiger partial charge in [0.25, 0.3) is 0 Å². The van der Waals surface area contributed by atoms with E-state index in [1.807, 2.05) is 0 Å². The van der Waals surface area contributed by atoms with Gasteiger partial charge in [-0.3, -0.25) is 13.8 Å². The van der Waals surface area contributed by atoms with Crippen LogP contribution in [0.25, 0.3) is 0 Å². The van der Waals surface area contributed by atoms with Crippen LogP contribution in [0.1, 0.15) is 40.0 Å². The van der Waals surface area contributed by atoms with E-state index in [2.05, 4.69) is 14.8 Å². The zero-order valence-corrected chi connectivity index (χ0v) is 28.4. The average Bonchev–Trinajstić information content (AvgIpc) is 2.94. The van der Waals surface area contributed by atoms with Crippen LogP contribution in [0.3, 0.4) is 0 Å². The Hall–Kier alpha value is -0.670. The number of hydrogen-bond donors (Lipinski definition) is 9. The van der Waals surface area contributed by atoms with E-state index in [4.69, 9.17) is 23.7 Å². The normalized spacial score (nSPS) is 41.7. The molecule has 0 bridgehead atoms. The second-order valence-corrected chi connectivity index (χ2v) is 12.0. The minimum atomic E-state index is -5.38. The van der Waals surface area contributed by atoms with Gasteiger partial charge in [0.2, 0.25) is 27.9 Å². The maximum absolute atomic E-state index is 12.6. The van der Waals surface area contributed by atoms with Crippen LogP contribution in [0.4, 0.5) is 0 Å². The molecule has 0 unspecified atom stereocenters. The van der Waals surface area contributed by atoms with Crippen LogP contribution in [0.15, 0.2) is 0 Å². The molecular weight excluding hydrogens is 659 g/mol. The Bertz CT molecular complexity index is 1120. The Morgan fingerprint density at radius 2 is 1.61 bits per heavy atom. The van der Waals surface area contributed by atoms with Crippen molar-refractivity contribution in [2.75, 3.05) is 13.2 Å². The first-order valence-electron chi connectivity index (χ1n) is 14.1. The number of carbonyl (C=O) groups excluding carboxylic acids is 2. The summed E-state index contributed by atoms with van der Waals surface area (Å²) in [7, 11) is -5.38. The number of aliphatic hydroxyl groups is 7. The van der Waals surface area contributed by atoms with Crippen LogP contribution in [-0.2, 0) is 47.9 Å². The summed E-state index contributed by atoms with van der Waals surface area (Å²) in [5, 5.41) is 78.0. The Balaban J connectivity index is 0.00000736. The molecule has 3 fully saturated rings. The van der Waals surface area contributed by atoms with E-state index in [1.165, 1.54) is 6.92 Å². The van der Waals surface area contributed by atoms with E-state index in [-0.39, 0.29) is 36.0 Å². The summed E-state index contributed by atoms with van der Waals surface area (Å²) in [6.45, 7) is 2.18. The topological polar surface area (TPSA) is 312 Å². The Morgan fingerprint density at radius 3 is 2.15 bits per heavy atom. The predicted molar refractivity (Wildman–Crippen MR) is 141 cm³/mol. The van der Waals surface area contributed by atoms with Crippen molar-refractivity contribution >= 4 is 22.2 Å². The molecule has 3 aliphatic heterocycles. The number of aliphatic hydroxyl groups excluding tert-OH is 6. The molecule has 14 atom stereocenters. The Morgan fingerprint density at radius 1 is 0.978 bits per heavy atom. The van der Waals surface area contributed by atoms with E-state index < -0.39 is 127 Å². The number of amides is 2. The molecule has 46 heavy (non-hydrogen) atoms. The second kappa shape index (κ2) is 17.3. The summed E-state index contributed by atoms with van der Waals surface area (Å²) in [6.07, 6.45) is -22.8. The summed E-state index contributed by atoms with van der Waals surface area (Å²) < 4.78 is 66.7. The van der Waals surface area contributed by atoms with Gasteiger partial charge in [-0.2, -0.15) is 0 Å². The minimum Gasteiger partial charge on any atom is -0.726 e. The van der Waals surface area contributed by atoms with Gasteiger partial charge < -0.3 is 74.6 Å². The van der Waals surface area contributed by atoms with Crippen LogP contribution < -0.4 is 40.2 Å². The third-order valence-electron chi connectivity index (χ3n) is 7.47. The molecule has 9 N–H and O–H groups in total. The Kier molecular flexibility index (Phi) is 15.6. The van der Waals surface area contributed by atoms with Gasteiger partial charge in [0.1, 0.15) is 54.9 Å². The third kappa shape index (κ3) is 9.95. The number of ether oxygens (including phenoxy) is 5. The van der Waals surface area contributed by atoms with E-state index in [9.17, 15) is 58.3 Å². The molecule has 0 aromatic rings. The van der Waals surface area contributed by atoms with Gasteiger partial charge in [0.05, 0.1) is 19.3 Å². The molecule has 3 heterocycles. The second-order valence-electron chi connectivity index (χ2n) is 11.0. The standard InChI is InChI=1S/C24H42N2O18S.Na/c1-4-5-14(30)25-23-24(35,26-10(3)29)21(43-22-19(34)18(33)16(31)9(2)39-22)20(13(8-28)41-23)42-15-6-11(44-45(36,37)38)17(32)12(7-27)40-15;/h9,11-13,15-23,27-28,31-35H,4-8H2,1-3H3,(H,25,30)(H,26,29)(H,36,37,38);/q;+1/p-1/t9-,11+,12+,13+,15-,16+,17+,18+,19-,20+,21-,22-,23+,24+;/m0./s1. The summed E-state index contributed by atoms with van der Waals surface area (Å²) in [4.78, 5) is 24.9. The maximum Gasteiger partial charge on any atom is 1.00 e. The van der Waals surface area contributed by atoms with Crippen molar-refractivity contribution in [2.45, 2.75) is 126 Å². The zero-order valence-electron chi connectivity index (χ0n) is 25.6. The average molecular weight is 701 g/mol. The van der Waals surface area contributed by atoms with Crippen molar-refractivity contribution in [2.24, 2.45) is 0 Å². The molecule has 0 saturated carbocycles. The monoisotopic (exact) mass is 700 g/mol. The van der Waals surface area contributed by atoms with E-state index in [0.717, 1.165) is 6.92 Å².